The molecular weight excluding hydrogens is 206 g/mol. The van der Waals surface area contributed by atoms with Gasteiger partial charge in [-0.3, -0.25) is 9.98 Å². The van der Waals surface area contributed by atoms with E-state index < -0.39 is 0 Å². The fourth-order valence-electron chi connectivity index (χ4n) is 1.06. The van der Waals surface area contributed by atoms with Gasteiger partial charge < -0.3 is 5.73 Å². The molecular formula is C7H6BrN3. The van der Waals surface area contributed by atoms with E-state index in [9.17, 15) is 0 Å². The van der Waals surface area contributed by atoms with Crippen molar-refractivity contribution in [3.63, 3.8) is 0 Å². The minimum Gasteiger partial charge on any atom is -0.397 e. The molecule has 0 unspecified atom stereocenters. The van der Waals surface area contributed by atoms with Gasteiger partial charge in [0, 0.05) is 18.0 Å². The van der Waals surface area contributed by atoms with E-state index >= 15 is 0 Å². The van der Waals surface area contributed by atoms with Crippen LogP contribution >= 0.6 is 15.9 Å². The third-order valence-electron chi connectivity index (χ3n) is 1.59. The summed E-state index contributed by atoms with van der Waals surface area (Å²) in [7, 11) is 0. The van der Waals surface area contributed by atoms with Crippen LogP contribution in [0.1, 0.15) is 0 Å². The van der Waals surface area contributed by atoms with E-state index in [4.69, 9.17) is 5.73 Å². The van der Waals surface area contributed by atoms with Gasteiger partial charge in [-0.1, -0.05) is 0 Å². The van der Waals surface area contributed by atoms with Crippen molar-refractivity contribution in [2.24, 2.45) is 15.7 Å². The van der Waals surface area contributed by atoms with Crippen molar-refractivity contribution in [3.8, 4) is 0 Å². The first-order valence-corrected chi connectivity index (χ1v) is 4.01. The Kier molecular flexibility index (Phi) is 1.42. The normalized spacial score (nSPS) is 27.4. The van der Waals surface area contributed by atoms with Crippen LogP contribution in [0.25, 0.3) is 0 Å². The topological polar surface area (TPSA) is 50.7 Å². The zero-order valence-electron chi connectivity index (χ0n) is 5.66. The standard InChI is InChI=1S/C7H6BrN3/c8-7-5-1-4(9)2-10-6(5)3-11-7/h1-3,6H,9H2/t6-/m0/s1. The molecule has 0 bridgehead atoms. The van der Waals surface area contributed by atoms with Gasteiger partial charge in [0.05, 0.1) is 5.70 Å². The van der Waals surface area contributed by atoms with Gasteiger partial charge in [0.2, 0.25) is 0 Å². The molecule has 2 aliphatic heterocycles. The zero-order valence-corrected chi connectivity index (χ0v) is 7.25. The minimum absolute atomic E-state index is 0.0803. The van der Waals surface area contributed by atoms with Crippen molar-refractivity contribution in [1.82, 2.24) is 0 Å². The molecule has 2 aliphatic rings. The molecule has 0 saturated heterocycles. The second-order valence-corrected chi connectivity index (χ2v) is 3.14. The van der Waals surface area contributed by atoms with Gasteiger partial charge in [-0.25, -0.2) is 0 Å². The average Bonchev–Trinajstić information content (AvgIpc) is 2.33. The lowest BCUT2D eigenvalue weighted by molar-refractivity contribution is 1.05. The fraction of sp³-hybridized carbons (Fsp3) is 0.143. The van der Waals surface area contributed by atoms with Crippen molar-refractivity contribution in [3.05, 3.63) is 22.0 Å². The van der Waals surface area contributed by atoms with E-state index in [-0.39, 0.29) is 6.04 Å². The maximum atomic E-state index is 5.55. The number of allylic oxidation sites excluding steroid dienone is 1. The molecule has 2 rings (SSSR count). The van der Waals surface area contributed by atoms with Gasteiger partial charge in [-0.15, -0.1) is 0 Å². The second kappa shape index (κ2) is 2.30. The van der Waals surface area contributed by atoms with Crippen LogP contribution in [0.4, 0.5) is 0 Å². The summed E-state index contributed by atoms with van der Waals surface area (Å²) in [5.41, 5.74) is 7.28. The van der Waals surface area contributed by atoms with Crippen LogP contribution in [0.2, 0.25) is 0 Å². The number of fused-ring (bicyclic) bond motifs is 1. The molecule has 0 aromatic heterocycles. The number of dihydropyridines is 1. The van der Waals surface area contributed by atoms with E-state index in [1.54, 1.807) is 12.4 Å². The SMILES string of the molecule is NC1=CC2=C(Br)N=C[C@@H]2N=C1. The number of rotatable bonds is 0. The highest BCUT2D eigenvalue weighted by atomic mass is 79.9. The lowest BCUT2D eigenvalue weighted by Crippen LogP contribution is -2.14. The van der Waals surface area contributed by atoms with Crippen molar-refractivity contribution < 1.29 is 0 Å². The molecule has 0 radical (unpaired) electrons. The van der Waals surface area contributed by atoms with Crippen LogP contribution in [-0.4, -0.2) is 18.5 Å². The van der Waals surface area contributed by atoms with E-state index in [0.29, 0.717) is 5.70 Å². The zero-order chi connectivity index (χ0) is 7.84. The highest BCUT2D eigenvalue weighted by Crippen LogP contribution is 2.26. The molecule has 0 aliphatic carbocycles. The number of nitrogens with two attached hydrogens (primary N) is 1. The van der Waals surface area contributed by atoms with E-state index in [1.165, 1.54) is 0 Å². The van der Waals surface area contributed by atoms with Crippen molar-refractivity contribution in [2.75, 3.05) is 0 Å². The largest absolute Gasteiger partial charge is 0.397 e. The second-order valence-electron chi connectivity index (χ2n) is 2.39. The van der Waals surface area contributed by atoms with E-state index in [0.717, 1.165) is 10.2 Å². The van der Waals surface area contributed by atoms with Crippen molar-refractivity contribution in [1.29, 1.82) is 0 Å². The molecule has 0 fully saturated rings. The molecule has 3 nitrogen and oxygen atoms in total. The van der Waals surface area contributed by atoms with E-state index in [1.807, 2.05) is 6.08 Å². The Morgan fingerprint density at radius 2 is 2.36 bits per heavy atom. The summed E-state index contributed by atoms with van der Waals surface area (Å²) in [6.45, 7) is 0. The van der Waals surface area contributed by atoms with E-state index in [2.05, 4.69) is 25.9 Å². The lowest BCUT2D eigenvalue weighted by Gasteiger charge is -2.08. The third-order valence-corrected chi connectivity index (χ3v) is 2.25. The number of halogens is 1. The highest BCUT2D eigenvalue weighted by Gasteiger charge is 2.20. The van der Waals surface area contributed by atoms with Gasteiger partial charge >= 0.3 is 0 Å². The maximum Gasteiger partial charge on any atom is 0.113 e. The highest BCUT2D eigenvalue weighted by molar-refractivity contribution is 9.11. The number of nitrogens with zero attached hydrogens (tertiary/aromatic N) is 2. The molecule has 0 aromatic carbocycles. The first-order chi connectivity index (χ1) is 5.27. The molecule has 0 saturated carbocycles. The fourth-order valence-corrected chi connectivity index (χ4v) is 1.53. The predicted octanol–water partition coefficient (Wildman–Crippen LogP) is 0.973. The van der Waals surface area contributed by atoms with Gasteiger partial charge in [0.25, 0.3) is 0 Å². The Labute approximate surface area is 72.5 Å². The van der Waals surface area contributed by atoms with Gasteiger partial charge in [0.15, 0.2) is 0 Å². The molecule has 56 valence electrons. The Balaban J connectivity index is 2.46. The molecule has 4 heteroatoms. The molecule has 2 N–H and O–H groups in total. The number of aliphatic imine (C=N–C) groups is 2. The predicted molar refractivity (Wildman–Crippen MR) is 49.0 cm³/mol. The summed E-state index contributed by atoms with van der Waals surface area (Å²) >= 11 is 3.32. The molecule has 11 heavy (non-hydrogen) atoms. The Hall–Kier alpha value is -0.900. The maximum absolute atomic E-state index is 5.55. The average molecular weight is 212 g/mol. The Morgan fingerprint density at radius 3 is 3.18 bits per heavy atom. The smallest absolute Gasteiger partial charge is 0.113 e. The van der Waals surface area contributed by atoms with Crippen LogP contribution < -0.4 is 5.73 Å². The molecule has 0 amide bonds. The molecule has 0 aromatic rings. The number of hydrogen-bond donors (Lipinski definition) is 1. The molecule has 2 heterocycles. The summed E-state index contributed by atoms with van der Waals surface area (Å²) in [5.74, 6) is 0. The third kappa shape index (κ3) is 1.03. The van der Waals surface area contributed by atoms with Gasteiger partial charge in [-0.2, -0.15) is 0 Å². The van der Waals surface area contributed by atoms with Crippen molar-refractivity contribution >= 4 is 28.4 Å². The first-order valence-electron chi connectivity index (χ1n) is 3.21. The molecule has 1 atom stereocenters. The van der Waals surface area contributed by atoms with Crippen LogP contribution in [0.3, 0.4) is 0 Å². The van der Waals surface area contributed by atoms with Crippen LogP contribution in [-0.2, 0) is 0 Å². The summed E-state index contributed by atoms with van der Waals surface area (Å²) in [6, 6.07) is 0.0803. The summed E-state index contributed by atoms with van der Waals surface area (Å²) in [6.07, 6.45) is 5.33. The van der Waals surface area contributed by atoms with Gasteiger partial charge in [0.1, 0.15) is 10.6 Å². The Morgan fingerprint density at radius 1 is 1.55 bits per heavy atom. The van der Waals surface area contributed by atoms with Crippen LogP contribution in [0.15, 0.2) is 31.9 Å². The van der Waals surface area contributed by atoms with Gasteiger partial charge in [-0.05, 0) is 22.0 Å². The van der Waals surface area contributed by atoms with Crippen LogP contribution in [0, 0.1) is 0 Å². The summed E-state index contributed by atoms with van der Waals surface area (Å²) in [4.78, 5) is 8.24. The minimum atomic E-state index is 0.0803. The first kappa shape index (κ1) is 6.79. The van der Waals surface area contributed by atoms with Crippen LogP contribution in [0.5, 0.6) is 0 Å². The molecule has 0 spiro atoms. The van der Waals surface area contributed by atoms with Crippen molar-refractivity contribution in [2.45, 2.75) is 6.04 Å². The lowest BCUT2D eigenvalue weighted by atomic mass is 10.1. The Bertz CT molecular complexity index is 312. The summed E-state index contributed by atoms with van der Waals surface area (Å²) < 4.78 is 0.835. The summed E-state index contributed by atoms with van der Waals surface area (Å²) in [5, 5.41) is 0. The monoisotopic (exact) mass is 211 g/mol. The quantitative estimate of drug-likeness (QED) is 0.597. The number of hydrogen-bond acceptors (Lipinski definition) is 3.